The second-order valence-electron chi connectivity index (χ2n) is 6.72. The first-order valence-electron chi connectivity index (χ1n) is 6.92. The molecular weight excluding hydrogens is 218 g/mol. The van der Waals surface area contributed by atoms with Gasteiger partial charge in [-0.3, -0.25) is 0 Å². The minimum Gasteiger partial charge on any atom is -0.198 e. The second-order valence-corrected chi connectivity index (χ2v) is 6.72. The standard InChI is InChI=1S/C17H23N/c1-14-5-4-6-15(11-14)12-17(13-18)9-7-16(2,3)8-10-17/h4-6,11H,7-10,12H2,1-3H3. The lowest BCUT2D eigenvalue weighted by Gasteiger charge is -2.39. The molecule has 0 radical (unpaired) electrons. The maximum absolute atomic E-state index is 9.59. The van der Waals surface area contributed by atoms with Gasteiger partial charge in [0.25, 0.3) is 0 Å². The molecule has 1 fully saturated rings. The van der Waals surface area contributed by atoms with Crippen molar-refractivity contribution in [2.75, 3.05) is 0 Å². The van der Waals surface area contributed by atoms with E-state index in [1.807, 2.05) is 0 Å². The van der Waals surface area contributed by atoms with Gasteiger partial charge in [-0.1, -0.05) is 43.7 Å². The fraction of sp³-hybridized carbons (Fsp3) is 0.588. The Morgan fingerprint density at radius 2 is 1.83 bits per heavy atom. The van der Waals surface area contributed by atoms with Gasteiger partial charge in [0, 0.05) is 0 Å². The van der Waals surface area contributed by atoms with Gasteiger partial charge in [-0.2, -0.15) is 5.26 Å². The van der Waals surface area contributed by atoms with E-state index >= 15 is 0 Å². The molecule has 0 N–H and O–H groups in total. The van der Waals surface area contributed by atoms with Crippen LogP contribution in [0.15, 0.2) is 24.3 Å². The first-order valence-corrected chi connectivity index (χ1v) is 6.92. The summed E-state index contributed by atoms with van der Waals surface area (Å²) in [4.78, 5) is 0. The molecule has 0 bridgehead atoms. The molecule has 1 saturated carbocycles. The summed E-state index contributed by atoms with van der Waals surface area (Å²) in [6.45, 7) is 6.76. The van der Waals surface area contributed by atoms with E-state index in [1.165, 1.54) is 24.0 Å². The molecule has 0 aliphatic heterocycles. The Labute approximate surface area is 111 Å². The molecular formula is C17H23N. The number of nitrogens with zero attached hydrogens (tertiary/aromatic N) is 1. The van der Waals surface area contributed by atoms with Gasteiger partial charge in [0.2, 0.25) is 0 Å². The van der Waals surface area contributed by atoms with Crippen LogP contribution in [0.4, 0.5) is 0 Å². The van der Waals surface area contributed by atoms with E-state index in [0.29, 0.717) is 5.41 Å². The van der Waals surface area contributed by atoms with Crippen molar-refractivity contribution in [3.05, 3.63) is 35.4 Å². The predicted molar refractivity (Wildman–Crippen MR) is 75.2 cm³/mol. The van der Waals surface area contributed by atoms with Crippen molar-refractivity contribution in [2.45, 2.75) is 52.9 Å². The number of aryl methyl sites for hydroxylation is 1. The fourth-order valence-corrected chi connectivity index (χ4v) is 2.95. The van der Waals surface area contributed by atoms with Gasteiger partial charge in [0.05, 0.1) is 11.5 Å². The molecule has 0 saturated heterocycles. The van der Waals surface area contributed by atoms with E-state index in [-0.39, 0.29) is 5.41 Å². The van der Waals surface area contributed by atoms with Crippen molar-refractivity contribution < 1.29 is 0 Å². The summed E-state index contributed by atoms with van der Waals surface area (Å²) < 4.78 is 0. The molecule has 1 aromatic carbocycles. The van der Waals surface area contributed by atoms with Gasteiger partial charge in [0.1, 0.15) is 0 Å². The Morgan fingerprint density at radius 3 is 2.39 bits per heavy atom. The Balaban J connectivity index is 2.13. The number of benzene rings is 1. The molecule has 0 aromatic heterocycles. The molecule has 1 aromatic rings. The first-order chi connectivity index (χ1) is 8.45. The predicted octanol–water partition coefficient (Wildman–Crippen LogP) is 4.65. The molecule has 0 heterocycles. The van der Waals surface area contributed by atoms with Gasteiger partial charge in [-0.05, 0) is 50.0 Å². The van der Waals surface area contributed by atoms with Crippen molar-refractivity contribution in [3.8, 4) is 6.07 Å². The van der Waals surface area contributed by atoms with E-state index < -0.39 is 0 Å². The minimum absolute atomic E-state index is 0.122. The number of nitriles is 1. The average molecular weight is 241 g/mol. The molecule has 1 aliphatic carbocycles. The minimum atomic E-state index is -0.122. The van der Waals surface area contributed by atoms with Crippen LogP contribution in [0, 0.1) is 29.1 Å². The molecule has 0 atom stereocenters. The highest BCUT2D eigenvalue weighted by molar-refractivity contribution is 5.25. The summed E-state index contributed by atoms with van der Waals surface area (Å²) >= 11 is 0. The topological polar surface area (TPSA) is 23.8 Å². The normalized spacial score (nSPS) is 21.2. The Bertz CT molecular complexity index is 455. The van der Waals surface area contributed by atoms with Crippen LogP contribution in [-0.2, 0) is 6.42 Å². The van der Waals surface area contributed by atoms with Crippen molar-refractivity contribution in [3.63, 3.8) is 0 Å². The number of rotatable bonds is 2. The molecule has 0 amide bonds. The van der Waals surface area contributed by atoms with Crippen LogP contribution in [0.1, 0.15) is 50.7 Å². The highest BCUT2D eigenvalue weighted by Gasteiger charge is 2.38. The Hall–Kier alpha value is -1.29. The summed E-state index contributed by atoms with van der Waals surface area (Å²) in [5.41, 5.74) is 2.91. The lowest BCUT2D eigenvalue weighted by atomic mass is 9.64. The molecule has 0 spiro atoms. The molecule has 1 nitrogen and oxygen atoms in total. The highest BCUT2D eigenvalue weighted by Crippen LogP contribution is 2.46. The summed E-state index contributed by atoms with van der Waals surface area (Å²) in [6.07, 6.45) is 5.36. The molecule has 0 unspecified atom stereocenters. The Morgan fingerprint density at radius 1 is 1.17 bits per heavy atom. The zero-order chi connectivity index (χ0) is 13.2. The van der Waals surface area contributed by atoms with Crippen LogP contribution in [0.5, 0.6) is 0 Å². The average Bonchev–Trinajstić information content (AvgIpc) is 2.33. The van der Waals surface area contributed by atoms with Crippen LogP contribution in [0.3, 0.4) is 0 Å². The van der Waals surface area contributed by atoms with E-state index in [0.717, 1.165) is 19.3 Å². The van der Waals surface area contributed by atoms with Crippen molar-refractivity contribution in [1.29, 1.82) is 5.26 Å². The zero-order valence-corrected chi connectivity index (χ0v) is 11.8. The summed E-state index contributed by atoms with van der Waals surface area (Å²) in [6, 6.07) is 11.2. The molecule has 1 heteroatoms. The second kappa shape index (κ2) is 4.76. The van der Waals surface area contributed by atoms with Crippen LogP contribution in [-0.4, -0.2) is 0 Å². The van der Waals surface area contributed by atoms with Gasteiger partial charge in [0.15, 0.2) is 0 Å². The lowest BCUT2D eigenvalue weighted by molar-refractivity contribution is 0.146. The van der Waals surface area contributed by atoms with Gasteiger partial charge < -0.3 is 0 Å². The maximum Gasteiger partial charge on any atom is 0.0693 e. The number of hydrogen-bond acceptors (Lipinski definition) is 1. The van der Waals surface area contributed by atoms with E-state index in [9.17, 15) is 5.26 Å². The van der Waals surface area contributed by atoms with E-state index in [1.54, 1.807) is 0 Å². The molecule has 2 rings (SSSR count). The van der Waals surface area contributed by atoms with Gasteiger partial charge in [-0.25, -0.2) is 0 Å². The molecule has 1 aliphatic rings. The quantitative estimate of drug-likeness (QED) is 0.739. The van der Waals surface area contributed by atoms with Crippen LogP contribution >= 0.6 is 0 Å². The van der Waals surface area contributed by atoms with Gasteiger partial charge >= 0.3 is 0 Å². The smallest absolute Gasteiger partial charge is 0.0693 e. The van der Waals surface area contributed by atoms with E-state index in [2.05, 4.69) is 51.1 Å². The Kier molecular flexibility index (Phi) is 3.48. The molecule has 18 heavy (non-hydrogen) atoms. The third-order valence-electron chi connectivity index (χ3n) is 4.42. The summed E-state index contributed by atoms with van der Waals surface area (Å²) in [5.74, 6) is 0. The van der Waals surface area contributed by atoms with Crippen molar-refractivity contribution in [1.82, 2.24) is 0 Å². The van der Waals surface area contributed by atoms with Gasteiger partial charge in [-0.15, -0.1) is 0 Å². The zero-order valence-electron chi connectivity index (χ0n) is 11.8. The monoisotopic (exact) mass is 241 g/mol. The first kappa shape index (κ1) is 13.1. The summed E-state index contributed by atoms with van der Waals surface area (Å²) in [5, 5.41) is 9.59. The van der Waals surface area contributed by atoms with Crippen molar-refractivity contribution >= 4 is 0 Å². The fourth-order valence-electron chi connectivity index (χ4n) is 2.95. The number of hydrogen-bond donors (Lipinski definition) is 0. The third kappa shape index (κ3) is 2.93. The third-order valence-corrected chi connectivity index (χ3v) is 4.42. The van der Waals surface area contributed by atoms with Crippen LogP contribution in [0.25, 0.3) is 0 Å². The highest BCUT2D eigenvalue weighted by atomic mass is 14.4. The van der Waals surface area contributed by atoms with Crippen LogP contribution < -0.4 is 0 Å². The SMILES string of the molecule is Cc1cccc(CC2(C#N)CCC(C)(C)CC2)c1. The van der Waals surface area contributed by atoms with Crippen LogP contribution in [0.2, 0.25) is 0 Å². The maximum atomic E-state index is 9.59. The van der Waals surface area contributed by atoms with E-state index in [4.69, 9.17) is 0 Å². The molecule has 96 valence electrons. The lowest BCUT2D eigenvalue weighted by Crippen LogP contribution is -2.31. The summed E-state index contributed by atoms with van der Waals surface area (Å²) in [7, 11) is 0. The van der Waals surface area contributed by atoms with Crippen molar-refractivity contribution in [2.24, 2.45) is 10.8 Å². The largest absolute Gasteiger partial charge is 0.198 e.